The van der Waals surface area contributed by atoms with Gasteiger partial charge in [-0.05, 0) is 60.5 Å². The van der Waals surface area contributed by atoms with Crippen LogP contribution in [-0.4, -0.2) is 20.5 Å². The van der Waals surface area contributed by atoms with Crippen molar-refractivity contribution in [3.05, 3.63) is 88.7 Å². The molecule has 4 aromatic rings. The number of aromatic carboxylic acids is 1. The Hall–Kier alpha value is -3.31. The highest BCUT2D eigenvalue weighted by Gasteiger charge is 2.10. The molecule has 0 fully saturated rings. The molecule has 0 unspecified atom stereocenters. The van der Waals surface area contributed by atoms with Crippen molar-refractivity contribution in [2.45, 2.75) is 13.5 Å². The highest BCUT2D eigenvalue weighted by molar-refractivity contribution is 6.30. The van der Waals surface area contributed by atoms with Gasteiger partial charge in [0.25, 0.3) is 0 Å². The van der Waals surface area contributed by atoms with Crippen LogP contribution < -0.4 is 4.74 Å². The summed E-state index contributed by atoms with van der Waals surface area (Å²) in [5.41, 5.74) is 4.67. The minimum atomic E-state index is -0.963. The summed E-state index contributed by atoms with van der Waals surface area (Å²) in [5, 5.41) is 9.83. The summed E-state index contributed by atoms with van der Waals surface area (Å²) >= 11 is 5.91. The Morgan fingerprint density at radius 1 is 1.11 bits per heavy atom. The molecule has 0 saturated heterocycles. The zero-order valence-electron chi connectivity index (χ0n) is 15.1. The van der Waals surface area contributed by atoms with Gasteiger partial charge in [-0.3, -0.25) is 0 Å². The predicted molar refractivity (Wildman–Crippen MR) is 108 cm³/mol. The van der Waals surface area contributed by atoms with Crippen LogP contribution in [0.3, 0.4) is 0 Å². The summed E-state index contributed by atoms with van der Waals surface area (Å²) in [5.74, 6) is -0.161. The molecule has 1 N–H and O–H groups in total. The van der Waals surface area contributed by atoms with E-state index in [4.69, 9.17) is 21.4 Å². The zero-order chi connectivity index (χ0) is 19.7. The van der Waals surface area contributed by atoms with Gasteiger partial charge in [0, 0.05) is 23.0 Å². The van der Waals surface area contributed by atoms with Crippen molar-refractivity contribution >= 4 is 23.2 Å². The van der Waals surface area contributed by atoms with Crippen molar-refractivity contribution in [3.63, 3.8) is 0 Å². The Labute approximate surface area is 166 Å². The van der Waals surface area contributed by atoms with Crippen LogP contribution in [0.15, 0.2) is 67.0 Å². The first-order valence-corrected chi connectivity index (χ1v) is 9.08. The number of hydrogen-bond donors (Lipinski definition) is 1. The number of aromatic nitrogens is 2. The lowest BCUT2D eigenvalue weighted by molar-refractivity contribution is 0.0696. The Bertz CT molecular complexity index is 1170. The molecule has 0 aliphatic heterocycles. The van der Waals surface area contributed by atoms with Crippen LogP contribution in [0.1, 0.15) is 21.5 Å². The molecule has 2 aromatic carbocycles. The van der Waals surface area contributed by atoms with Gasteiger partial charge in [0.2, 0.25) is 0 Å². The number of carboxylic acids is 1. The van der Waals surface area contributed by atoms with Crippen LogP contribution in [0.25, 0.3) is 16.9 Å². The molecule has 2 aromatic heterocycles. The Balaban J connectivity index is 1.56. The van der Waals surface area contributed by atoms with Gasteiger partial charge in [0.15, 0.2) is 0 Å². The van der Waals surface area contributed by atoms with Gasteiger partial charge < -0.3 is 14.2 Å². The van der Waals surface area contributed by atoms with Gasteiger partial charge in [-0.2, -0.15) is 0 Å². The molecule has 140 valence electrons. The van der Waals surface area contributed by atoms with Crippen LogP contribution in [-0.2, 0) is 6.61 Å². The smallest absolute Gasteiger partial charge is 0.337 e. The van der Waals surface area contributed by atoms with Crippen LogP contribution in [0.5, 0.6) is 5.75 Å². The van der Waals surface area contributed by atoms with Gasteiger partial charge in [-0.1, -0.05) is 23.7 Å². The highest BCUT2D eigenvalue weighted by atomic mass is 35.5. The maximum Gasteiger partial charge on any atom is 0.337 e. The summed E-state index contributed by atoms with van der Waals surface area (Å²) in [6, 6.07) is 16.7. The van der Waals surface area contributed by atoms with Gasteiger partial charge in [-0.15, -0.1) is 0 Å². The van der Waals surface area contributed by atoms with Crippen molar-refractivity contribution in [1.29, 1.82) is 0 Å². The van der Waals surface area contributed by atoms with Crippen LogP contribution in [0, 0.1) is 6.92 Å². The third-order valence-corrected chi connectivity index (χ3v) is 4.73. The largest absolute Gasteiger partial charge is 0.489 e. The lowest BCUT2D eigenvalue weighted by atomic mass is 10.1. The van der Waals surface area contributed by atoms with E-state index >= 15 is 0 Å². The molecule has 0 atom stereocenters. The number of pyridine rings is 1. The van der Waals surface area contributed by atoms with E-state index in [1.807, 2.05) is 55.6 Å². The third kappa shape index (κ3) is 3.70. The maximum absolute atomic E-state index is 11.1. The van der Waals surface area contributed by atoms with E-state index in [0.29, 0.717) is 17.3 Å². The molecule has 6 heteroatoms. The fourth-order valence-electron chi connectivity index (χ4n) is 2.97. The Morgan fingerprint density at radius 3 is 2.61 bits per heavy atom. The second-order valence-corrected chi connectivity index (χ2v) is 6.95. The van der Waals surface area contributed by atoms with E-state index in [1.165, 1.54) is 0 Å². The molecule has 28 heavy (non-hydrogen) atoms. The summed E-state index contributed by atoms with van der Waals surface area (Å²) < 4.78 is 7.64. The summed E-state index contributed by atoms with van der Waals surface area (Å²) in [6.07, 6.45) is 3.38. The van der Waals surface area contributed by atoms with Gasteiger partial charge in [0.1, 0.15) is 18.0 Å². The second kappa shape index (κ2) is 7.37. The average Bonchev–Trinajstić information content (AvgIpc) is 3.11. The molecule has 0 amide bonds. The molecule has 4 rings (SSSR count). The maximum atomic E-state index is 11.1. The van der Waals surface area contributed by atoms with E-state index in [0.717, 1.165) is 28.1 Å². The van der Waals surface area contributed by atoms with Crippen LogP contribution in [0.2, 0.25) is 5.02 Å². The fraction of sp³-hybridized carbons (Fsp3) is 0.0909. The number of benzene rings is 2. The fourth-order valence-corrected chi connectivity index (χ4v) is 3.10. The zero-order valence-corrected chi connectivity index (χ0v) is 15.8. The summed E-state index contributed by atoms with van der Waals surface area (Å²) in [4.78, 5) is 15.7. The number of rotatable bonds is 5. The van der Waals surface area contributed by atoms with Crippen molar-refractivity contribution in [2.24, 2.45) is 0 Å². The van der Waals surface area contributed by atoms with Crippen molar-refractivity contribution in [1.82, 2.24) is 9.38 Å². The summed E-state index contributed by atoms with van der Waals surface area (Å²) in [7, 11) is 0. The first-order chi connectivity index (χ1) is 13.5. The quantitative estimate of drug-likeness (QED) is 0.504. The molecular weight excluding hydrogens is 376 g/mol. The first kappa shape index (κ1) is 18.1. The monoisotopic (exact) mass is 392 g/mol. The number of hydrogen-bond acceptors (Lipinski definition) is 3. The Kier molecular flexibility index (Phi) is 4.75. The number of fused-ring (bicyclic) bond motifs is 1. The molecule has 0 bridgehead atoms. The predicted octanol–water partition coefficient (Wildman–Crippen LogP) is 5.24. The minimum Gasteiger partial charge on any atom is -0.489 e. The molecular formula is C22H17ClN2O3. The van der Waals surface area contributed by atoms with Gasteiger partial charge in [0.05, 0.1) is 11.3 Å². The number of carboxylic acid groups (broad SMARTS) is 1. The SMILES string of the molecule is Cc1cc(-c2cn3cc(C(=O)O)ccc3n2)ccc1OCc1ccc(Cl)cc1. The molecule has 0 radical (unpaired) electrons. The number of imidazole rings is 1. The van der Waals surface area contributed by atoms with E-state index in [9.17, 15) is 4.79 Å². The first-order valence-electron chi connectivity index (χ1n) is 8.70. The van der Waals surface area contributed by atoms with E-state index < -0.39 is 5.97 Å². The normalized spacial score (nSPS) is 10.9. The topological polar surface area (TPSA) is 63.8 Å². The minimum absolute atomic E-state index is 0.221. The molecule has 2 heterocycles. The van der Waals surface area contributed by atoms with Crippen molar-refractivity contribution < 1.29 is 14.6 Å². The van der Waals surface area contributed by atoms with E-state index in [2.05, 4.69) is 4.98 Å². The van der Waals surface area contributed by atoms with Crippen LogP contribution >= 0.6 is 11.6 Å². The lowest BCUT2D eigenvalue weighted by Gasteiger charge is -2.10. The standard InChI is InChI=1S/C22H17ClN2O3/c1-14-10-16(4-8-20(14)28-13-15-2-6-18(23)7-3-15)19-12-25-11-17(22(26)27)5-9-21(25)24-19/h2-12H,13H2,1H3,(H,26,27). The molecule has 0 aliphatic rings. The number of nitrogens with zero attached hydrogens (tertiary/aromatic N) is 2. The highest BCUT2D eigenvalue weighted by Crippen LogP contribution is 2.27. The molecule has 0 saturated carbocycles. The lowest BCUT2D eigenvalue weighted by Crippen LogP contribution is -1.97. The van der Waals surface area contributed by atoms with Crippen molar-refractivity contribution in [2.75, 3.05) is 0 Å². The van der Waals surface area contributed by atoms with E-state index in [-0.39, 0.29) is 5.56 Å². The number of carbonyl (C=O) groups is 1. The van der Waals surface area contributed by atoms with Crippen LogP contribution in [0.4, 0.5) is 0 Å². The molecule has 0 spiro atoms. The number of halogens is 1. The number of ether oxygens (including phenoxy) is 1. The van der Waals surface area contributed by atoms with Gasteiger partial charge in [-0.25, -0.2) is 9.78 Å². The molecule has 0 aliphatic carbocycles. The summed E-state index contributed by atoms with van der Waals surface area (Å²) in [6.45, 7) is 2.45. The Morgan fingerprint density at radius 2 is 1.89 bits per heavy atom. The van der Waals surface area contributed by atoms with Crippen molar-refractivity contribution in [3.8, 4) is 17.0 Å². The third-order valence-electron chi connectivity index (χ3n) is 4.48. The number of aryl methyl sites for hydroxylation is 1. The average molecular weight is 393 g/mol. The molecule has 5 nitrogen and oxygen atoms in total. The van der Waals surface area contributed by atoms with E-state index in [1.54, 1.807) is 22.7 Å². The second-order valence-electron chi connectivity index (χ2n) is 6.51. The van der Waals surface area contributed by atoms with Gasteiger partial charge >= 0.3 is 5.97 Å².